The molecule has 0 spiro atoms. The number of hydrogen-bond donors (Lipinski definition) is 1. The predicted octanol–water partition coefficient (Wildman–Crippen LogP) is 2.33. The fourth-order valence-electron chi connectivity index (χ4n) is 1.40. The first-order valence-corrected chi connectivity index (χ1v) is 6.42. The molecule has 0 radical (unpaired) electrons. The summed E-state index contributed by atoms with van der Waals surface area (Å²) in [5, 5.41) is 3.88. The number of thiazole rings is 1. The SMILES string of the molecule is CCOC(=O)c1ncsc1NCc1cccnc1. The van der Waals surface area contributed by atoms with Gasteiger partial charge in [0.1, 0.15) is 5.00 Å². The predicted molar refractivity (Wildman–Crippen MR) is 69.6 cm³/mol. The molecule has 0 bridgehead atoms. The summed E-state index contributed by atoms with van der Waals surface area (Å²) in [6.07, 6.45) is 3.50. The van der Waals surface area contributed by atoms with Gasteiger partial charge in [0.05, 0.1) is 12.1 Å². The summed E-state index contributed by atoms with van der Waals surface area (Å²) >= 11 is 1.38. The summed E-state index contributed by atoms with van der Waals surface area (Å²) in [6, 6.07) is 3.83. The number of ether oxygens (including phenoxy) is 1. The van der Waals surface area contributed by atoms with Gasteiger partial charge in [-0.2, -0.15) is 0 Å². The number of rotatable bonds is 5. The standard InChI is InChI=1S/C12H13N3O2S/c1-2-17-12(16)10-11(18-8-15-10)14-7-9-4-3-5-13-6-9/h3-6,8,14H,2,7H2,1H3. The highest BCUT2D eigenvalue weighted by molar-refractivity contribution is 7.14. The van der Waals surface area contributed by atoms with Crippen LogP contribution in [0.5, 0.6) is 0 Å². The van der Waals surface area contributed by atoms with Crippen molar-refractivity contribution in [3.05, 3.63) is 41.3 Å². The lowest BCUT2D eigenvalue weighted by atomic mass is 10.3. The number of nitrogens with one attached hydrogen (secondary N) is 1. The maximum Gasteiger partial charge on any atom is 0.360 e. The second-order valence-electron chi connectivity index (χ2n) is 3.47. The van der Waals surface area contributed by atoms with Crippen LogP contribution >= 0.6 is 11.3 Å². The molecule has 0 aromatic carbocycles. The maximum absolute atomic E-state index is 11.6. The largest absolute Gasteiger partial charge is 0.461 e. The number of hydrogen-bond acceptors (Lipinski definition) is 6. The molecule has 0 aliphatic carbocycles. The second kappa shape index (κ2) is 6.11. The molecule has 0 saturated carbocycles. The van der Waals surface area contributed by atoms with Gasteiger partial charge in [-0.1, -0.05) is 6.07 Å². The first kappa shape index (κ1) is 12.5. The van der Waals surface area contributed by atoms with E-state index in [2.05, 4.69) is 15.3 Å². The Kier molecular flexibility index (Phi) is 4.25. The molecular formula is C12H13N3O2S. The van der Waals surface area contributed by atoms with Gasteiger partial charge in [0.2, 0.25) is 0 Å². The molecule has 0 aliphatic rings. The Morgan fingerprint density at radius 3 is 3.17 bits per heavy atom. The Morgan fingerprint density at radius 1 is 1.56 bits per heavy atom. The topological polar surface area (TPSA) is 64.1 Å². The number of anilines is 1. The van der Waals surface area contributed by atoms with Crippen LogP contribution in [0.4, 0.5) is 5.00 Å². The van der Waals surface area contributed by atoms with Crippen LogP contribution in [0.1, 0.15) is 23.0 Å². The first-order valence-electron chi connectivity index (χ1n) is 5.54. The van der Waals surface area contributed by atoms with Crippen LogP contribution in [0.2, 0.25) is 0 Å². The van der Waals surface area contributed by atoms with Gasteiger partial charge in [-0.15, -0.1) is 11.3 Å². The van der Waals surface area contributed by atoms with Crippen molar-refractivity contribution in [2.24, 2.45) is 0 Å². The van der Waals surface area contributed by atoms with E-state index in [1.54, 1.807) is 24.8 Å². The van der Waals surface area contributed by atoms with Gasteiger partial charge in [-0.3, -0.25) is 4.98 Å². The molecule has 2 heterocycles. The van der Waals surface area contributed by atoms with Crippen LogP contribution in [0.15, 0.2) is 30.0 Å². The fourth-order valence-corrected chi connectivity index (χ4v) is 2.07. The zero-order valence-corrected chi connectivity index (χ0v) is 10.7. The molecule has 0 aliphatic heterocycles. The minimum atomic E-state index is -0.396. The van der Waals surface area contributed by atoms with Gasteiger partial charge < -0.3 is 10.1 Å². The number of carbonyl (C=O) groups excluding carboxylic acids is 1. The summed E-state index contributed by atoms with van der Waals surface area (Å²) < 4.78 is 4.93. The lowest BCUT2D eigenvalue weighted by Gasteiger charge is -2.05. The highest BCUT2D eigenvalue weighted by Crippen LogP contribution is 2.21. The summed E-state index contributed by atoms with van der Waals surface area (Å²) in [4.78, 5) is 19.6. The Hall–Kier alpha value is -1.95. The van der Waals surface area contributed by atoms with Crippen molar-refractivity contribution in [3.63, 3.8) is 0 Å². The van der Waals surface area contributed by atoms with Crippen LogP contribution in [0, 0.1) is 0 Å². The number of esters is 1. The van der Waals surface area contributed by atoms with Crippen molar-refractivity contribution in [3.8, 4) is 0 Å². The zero-order valence-electron chi connectivity index (χ0n) is 9.92. The van der Waals surface area contributed by atoms with Crippen LogP contribution in [-0.4, -0.2) is 22.5 Å². The third kappa shape index (κ3) is 3.04. The molecule has 5 nitrogen and oxygen atoms in total. The average Bonchev–Trinajstić information content (AvgIpc) is 2.86. The highest BCUT2D eigenvalue weighted by atomic mass is 32.1. The van der Waals surface area contributed by atoms with E-state index in [1.165, 1.54) is 11.3 Å². The number of aromatic nitrogens is 2. The average molecular weight is 263 g/mol. The van der Waals surface area contributed by atoms with Crippen LogP contribution in [-0.2, 0) is 11.3 Å². The maximum atomic E-state index is 11.6. The van der Waals surface area contributed by atoms with Gasteiger partial charge in [0.15, 0.2) is 5.69 Å². The van der Waals surface area contributed by atoms with E-state index in [1.807, 2.05) is 12.1 Å². The zero-order chi connectivity index (χ0) is 12.8. The molecule has 0 saturated heterocycles. The number of carbonyl (C=O) groups is 1. The van der Waals surface area contributed by atoms with Crippen molar-refractivity contribution in [2.45, 2.75) is 13.5 Å². The third-order valence-corrected chi connectivity index (χ3v) is 3.00. The Balaban J connectivity index is 2.02. The molecule has 2 rings (SSSR count). The molecule has 1 N–H and O–H groups in total. The number of nitrogens with zero attached hydrogens (tertiary/aromatic N) is 2. The Labute approximate surface area is 109 Å². The normalized spacial score (nSPS) is 10.1. The fraction of sp³-hybridized carbons (Fsp3) is 0.250. The number of pyridine rings is 1. The molecule has 0 atom stereocenters. The summed E-state index contributed by atoms with van der Waals surface area (Å²) in [6.45, 7) is 2.72. The molecule has 0 amide bonds. The summed E-state index contributed by atoms with van der Waals surface area (Å²) in [5.74, 6) is -0.396. The van der Waals surface area contributed by atoms with Gasteiger partial charge in [0.25, 0.3) is 0 Å². The third-order valence-electron chi connectivity index (χ3n) is 2.21. The van der Waals surface area contributed by atoms with Crippen LogP contribution in [0.25, 0.3) is 0 Å². The molecule has 18 heavy (non-hydrogen) atoms. The van der Waals surface area contributed by atoms with Crippen LogP contribution < -0.4 is 5.32 Å². The van der Waals surface area contributed by atoms with E-state index in [0.29, 0.717) is 18.8 Å². The van der Waals surface area contributed by atoms with Crippen LogP contribution in [0.3, 0.4) is 0 Å². The van der Waals surface area contributed by atoms with Gasteiger partial charge in [-0.25, -0.2) is 9.78 Å². The molecular weight excluding hydrogens is 250 g/mol. The van der Waals surface area contributed by atoms with Gasteiger partial charge >= 0.3 is 5.97 Å². The minimum absolute atomic E-state index is 0.339. The van der Waals surface area contributed by atoms with Gasteiger partial charge in [0, 0.05) is 18.9 Å². The quantitative estimate of drug-likeness (QED) is 0.839. The molecule has 94 valence electrons. The summed E-state index contributed by atoms with van der Waals surface area (Å²) in [7, 11) is 0. The molecule has 2 aromatic rings. The van der Waals surface area contributed by atoms with Crippen molar-refractivity contribution in [1.29, 1.82) is 0 Å². The van der Waals surface area contributed by atoms with E-state index in [9.17, 15) is 4.79 Å². The van der Waals surface area contributed by atoms with Crippen molar-refractivity contribution in [1.82, 2.24) is 9.97 Å². The second-order valence-corrected chi connectivity index (χ2v) is 4.32. The lowest BCUT2D eigenvalue weighted by Crippen LogP contribution is -2.09. The van der Waals surface area contributed by atoms with Crippen molar-refractivity contribution in [2.75, 3.05) is 11.9 Å². The monoisotopic (exact) mass is 263 g/mol. The minimum Gasteiger partial charge on any atom is -0.461 e. The molecule has 0 unspecified atom stereocenters. The highest BCUT2D eigenvalue weighted by Gasteiger charge is 2.15. The van der Waals surface area contributed by atoms with Crippen molar-refractivity contribution >= 4 is 22.3 Å². The van der Waals surface area contributed by atoms with E-state index >= 15 is 0 Å². The van der Waals surface area contributed by atoms with E-state index in [-0.39, 0.29) is 0 Å². The first-order chi connectivity index (χ1) is 8.81. The van der Waals surface area contributed by atoms with Crippen molar-refractivity contribution < 1.29 is 9.53 Å². The Morgan fingerprint density at radius 2 is 2.44 bits per heavy atom. The van der Waals surface area contributed by atoms with Gasteiger partial charge in [-0.05, 0) is 18.6 Å². The smallest absolute Gasteiger partial charge is 0.360 e. The molecule has 0 fully saturated rings. The van der Waals surface area contributed by atoms with E-state index in [0.717, 1.165) is 10.6 Å². The van der Waals surface area contributed by atoms with E-state index < -0.39 is 5.97 Å². The van der Waals surface area contributed by atoms with E-state index in [4.69, 9.17) is 4.74 Å². The lowest BCUT2D eigenvalue weighted by molar-refractivity contribution is 0.0521. The molecule has 6 heteroatoms. The Bertz CT molecular complexity index is 513. The summed E-state index contributed by atoms with van der Waals surface area (Å²) in [5.41, 5.74) is 3.00. The molecule has 2 aromatic heterocycles.